The van der Waals surface area contributed by atoms with Gasteiger partial charge in [-0.1, -0.05) is 22.0 Å². The lowest BCUT2D eigenvalue weighted by Crippen LogP contribution is -2.21. The predicted molar refractivity (Wildman–Crippen MR) is 117 cm³/mol. The number of nitrogens with one attached hydrogen (secondary N) is 2. The van der Waals surface area contributed by atoms with Crippen LogP contribution >= 0.6 is 15.9 Å². The number of rotatable bonds is 8. The average molecular weight is 515 g/mol. The first-order valence-electron chi connectivity index (χ1n) is 9.65. The molecule has 2 aromatic carbocycles. The molecule has 2 amide bonds. The third-order valence-corrected chi connectivity index (χ3v) is 5.59. The van der Waals surface area contributed by atoms with Crippen molar-refractivity contribution < 1.29 is 32.3 Å². The van der Waals surface area contributed by atoms with Crippen LogP contribution in [0.3, 0.4) is 0 Å². The molecule has 0 aromatic heterocycles. The Morgan fingerprint density at radius 3 is 2.19 bits per heavy atom. The van der Waals surface area contributed by atoms with E-state index in [1.54, 1.807) is 12.1 Å². The molecule has 2 aromatic rings. The molecule has 0 radical (unpaired) electrons. The van der Waals surface area contributed by atoms with E-state index < -0.39 is 36.1 Å². The van der Waals surface area contributed by atoms with Gasteiger partial charge in [-0.15, -0.1) is 0 Å². The molecule has 6 nitrogen and oxygen atoms in total. The zero-order valence-electron chi connectivity index (χ0n) is 17.4. The van der Waals surface area contributed by atoms with E-state index in [0.717, 1.165) is 27.7 Å². The number of ether oxygens (including phenoxy) is 1. The molecule has 10 heteroatoms. The van der Waals surface area contributed by atoms with E-state index in [1.807, 2.05) is 13.8 Å². The Labute approximate surface area is 191 Å². The Bertz CT molecular complexity index is 986. The lowest BCUT2D eigenvalue weighted by Gasteiger charge is -2.10. The van der Waals surface area contributed by atoms with Crippen LogP contribution in [0, 0.1) is 13.8 Å². The number of benzene rings is 2. The van der Waals surface area contributed by atoms with Gasteiger partial charge in [-0.25, -0.2) is 0 Å². The predicted octanol–water partition coefficient (Wildman–Crippen LogP) is 5.38. The Kier molecular flexibility index (Phi) is 8.82. The maximum absolute atomic E-state index is 12.7. The van der Waals surface area contributed by atoms with Gasteiger partial charge in [-0.3, -0.25) is 14.4 Å². The van der Waals surface area contributed by atoms with Gasteiger partial charge in [-0.2, -0.15) is 13.2 Å². The van der Waals surface area contributed by atoms with Crippen molar-refractivity contribution in [1.82, 2.24) is 0 Å². The highest BCUT2D eigenvalue weighted by atomic mass is 79.9. The Morgan fingerprint density at radius 2 is 1.56 bits per heavy atom. The van der Waals surface area contributed by atoms with Crippen molar-refractivity contribution in [1.29, 1.82) is 0 Å². The first-order chi connectivity index (χ1) is 15.0. The number of carbonyl (C=O) groups excluding carboxylic acids is 3. The third kappa shape index (κ3) is 7.99. The van der Waals surface area contributed by atoms with Gasteiger partial charge in [0.2, 0.25) is 5.91 Å². The molecule has 0 aliphatic heterocycles. The summed E-state index contributed by atoms with van der Waals surface area (Å²) >= 11 is 3.44. The Hall–Kier alpha value is -2.88. The molecule has 2 rings (SSSR count). The van der Waals surface area contributed by atoms with Crippen molar-refractivity contribution in [3.05, 3.63) is 57.6 Å². The molecule has 0 saturated heterocycles. The van der Waals surface area contributed by atoms with Crippen molar-refractivity contribution in [2.45, 2.75) is 39.3 Å². The number of carbonyl (C=O) groups is 3. The van der Waals surface area contributed by atoms with E-state index in [1.165, 1.54) is 12.1 Å². The summed E-state index contributed by atoms with van der Waals surface area (Å²) < 4.78 is 44.0. The molecule has 0 unspecified atom stereocenters. The van der Waals surface area contributed by atoms with Crippen LogP contribution < -0.4 is 10.6 Å². The fraction of sp³-hybridized carbons (Fsp3) is 0.318. The van der Waals surface area contributed by atoms with E-state index in [0.29, 0.717) is 5.69 Å². The van der Waals surface area contributed by atoms with Crippen molar-refractivity contribution in [2.24, 2.45) is 0 Å². The molecular weight excluding hydrogens is 493 g/mol. The van der Waals surface area contributed by atoms with Gasteiger partial charge < -0.3 is 15.4 Å². The highest BCUT2D eigenvalue weighted by Crippen LogP contribution is 2.30. The fourth-order valence-corrected chi connectivity index (χ4v) is 3.05. The fourth-order valence-electron chi connectivity index (χ4n) is 2.82. The maximum Gasteiger partial charge on any atom is 0.416 e. The number of hydrogen-bond donors (Lipinski definition) is 2. The summed E-state index contributed by atoms with van der Waals surface area (Å²) in [5.74, 6) is -1.69. The summed E-state index contributed by atoms with van der Waals surface area (Å²) in [6.07, 6.45) is -4.59. The topological polar surface area (TPSA) is 84.5 Å². The highest BCUT2D eigenvalue weighted by molar-refractivity contribution is 9.10. The van der Waals surface area contributed by atoms with Crippen LogP contribution in [0.4, 0.5) is 24.5 Å². The first-order valence-corrected chi connectivity index (χ1v) is 10.4. The molecule has 32 heavy (non-hydrogen) atoms. The zero-order chi connectivity index (χ0) is 23.9. The van der Waals surface area contributed by atoms with Gasteiger partial charge in [0.05, 0.1) is 5.56 Å². The normalized spacial score (nSPS) is 11.1. The number of alkyl halides is 3. The second-order valence-corrected chi connectivity index (χ2v) is 7.91. The quantitative estimate of drug-likeness (QED) is 0.463. The van der Waals surface area contributed by atoms with Gasteiger partial charge in [0.15, 0.2) is 6.61 Å². The second-order valence-electron chi connectivity index (χ2n) is 7.11. The molecule has 0 aliphatic carbocycles. The van der Waals surface area contributed by atoms with E-state index in [-0.39, 0.29) is 24.9 Å². The summed E-state index contributed by atoms with van der Waals surface area (Å²) in [4.78, 5) is 35.6. The van der Waals surface area contributed by atoms with Gasteiger partial charge >= 0.3 is 12.1 Å². The zero-order valence-corrected chi connectivity index (χ0v) is 19.0. The van der Waals surface area contributed by atoms with Crippen molar-refractivity contribution >= 4 is 45.1 Å². The van der Waals surface area contributed by atoms with Crippen molar-refractivity contribution in [3.63, 3.8) is 0 Å². The molecule has 0 saturated carbocycles. The molecule has 0 heterocycles. The molecule has 0 fully saturated rings. The lowest BCUT2D eigenvalue weighted by molar-refractivity contribution is -0.147. The lowest BCUT2D eigenvalue weighted by atomic mass is 10.1. The minimum Gasteiger partial charge on any atom is -0.456 e. The van der Waals surface area contributed by atoms with Crippen molar-refractivity contribution in [2.75, 3.05) is 17.2 Å². The minimum atomic E-state index is -4.51. The van der Waals surface area contributed by atoms with Crippen molar-refractivity contribution in [3.8, 4) is 0 Å². The number of aryl methyl sites for hydroxylation is 2. The van der Waals surface area contributed by atoms with Gasteiger partial charge in [0.1, 0.15) is 0 Å². The second kappa shape index (κ2) is 11.1. The Balaban J connectivity index is 1.71. The van der Waals surface area contributed by atoms with Gasteiger partial charge in [0.25, 0.3) is 5.91 Å². The Morgan fingerprint density at radius 1 is 0.938 bits per heavy atom. The minimum absolute atomic E-state index is 0.0162. The van der Waals surface area contributed by atoms with Crippen LogP contribution in [0.15, 0.2) is 40.9 Å². The maximum atomic E-state index is 12.7. The summed E-state index contributed by atoms with van der Waals surface area (Å²) in [5, 5.41) is 5.00. The van der Waals surface area contributed by atoms with Crippen LogP contribution in [0.2, 0.25) is 0 Å². The van der Waals surface area contributed by atoms with E-state index >= 15 is 0 Å². The third-order valence-electron chi connectivity index (χ3n) is 4.34. The van der Waals surface area contributed by atoms with Crippen LogP contribution in [0.1, 0.15) is 36.0 Å². The number of halogens is 4. The number of esters is 1. The summed E-state index contributed by atoms with van der Waals surface area (Å²) in [7, 11) is 0. The van der Waals surface area contributed by atoms with E-state index in [4.69, 9.17) is 4.74 Å². The molecule has 0 atom stereocenters. The van der Waals surface area contributed by atoms with E-state index in [9.17, 15) is 27.6 Å². The SMILES string of the molecule is Cc1cc(NC(=O)COC(=O)CCCC(=O)Nc2cccc(C(F)(F)F)c2)cc(C)c1Br. The number of amides is 2. The van der Waals surface area contributed by atoms with Crippen LogP contribution in [0.25, 0.3) is 0 Å². The standard InChI is InChI=1S/C22H22BrF3N2O4/c1-13-9-17(10-14(2)21(13)23)28-19(30)12-32-20(31)8-4-7-18(29)27-16-6-3-5-15(11-16)22(24,25)26/h3,5-6,9-11H,4,7-8,12H2,1-2H3,(H,27,29)(H,28,30). The van der Waals surface area contributed by atoms with Gasteiger partial charge in [0, 0.05) is 28.7 Å². The van der Waals surface area contributed by atoms with E-state index in [2.05, 4.69) is 26.6 Å². The molecule has 172 valence electrons. The number of hydrogen-bond acceptors (Lipinski definition) is 4. The summed E-state index contributed by atoms with van der Waals surface area (Å²) in [6.45, 7) is 3.30. The smallest absolute Gasteiger partial charge is 0.416 e. The van der Waals surface area contributed by atoms with Gasteiger partial charge in [-0.05, 0) is 61.7 Å². The van der Waals surface area contributed by atoms with Crippen LogP contribution in [-0.4, -0.2) is 24.4 Å². The number of anilines is 2. The largest absolute Gasteiger partial charge is 0.456 e. The van der Waals surface area contributed by atoms with Crippen LogP contribution in [0.5, 0.6) is 0 Å². The molecular formula is C22H22BrF3N2O4. The highest BCUT2D eigenvalue weighted by Gasteiger charge is 2.30. The summed E-state index contributed by atoms with van der Waals surface area (Å²) in [5.41, 5.74) is 1.62. The monoisotopic (exact) mass is 514 g/mol. The molecule has 2 N–H and O–H groups in total. The summed E-state index contributed by atoms with van der Waals surface area (Å²) in [6, 6.07) is 7.83. The average Bonchev–Trinajstić information content (AvgIpc) is 2.70. The molecule has 0 bridgehead atoms. The molecule has 0 spiro atoms. The molecule has 0 aliphatic rings. The van der Waals surface area contributed by atoms with Crippen LogP contribution in [-0.2, 0) is 25.3 Å². The first kappa shape index (κ1) is 25.4.